The zero-order chi connectivity index (χ0) is 10.8. The number of rotatable bonds is 3. The molecule has 2 aliphatic rings. The zero-order valence-corrected chi connectivity index (χ0v) is 9.39. The molecule has 1 atom stereocenters. The van der Waals surface area contributed by atoms with Crippen LogP contribution in [-0.2, 0) is 0 Å². The fraction of sp³-hybridized carbons (Fsp3) is 0.250. The minimum Gasteiger partial charge on any atom is -0.0805 e. The standard InChI is InChI=1S/C16H16/c1-2-6-13(5-1)9-10-15-12-11-14-7-3-4-8-16(14)15/h1-5,7-8,11-12,15H,6,9-10H2. The summed E-state index contributed by atoms with van der Waals surface area (Å²) in [5.41, 5.74) is 4.50. The molecule has 0 saturated carbocycles. The summed E-state index contributed by atoms with van der Waals surface area (Å²) in [6.07, 6.45) is 15.0. The van der Waals surface area contributed by atoms with Crippen molar-refractivity contribution in [1.82, 2.24) is 0 Å². The Kier molecular flexibility index (Phi) is 2.49. The van der Waals surface area contributed by atoms with Crippen LogP contribution in [0.5, 0.6) is 0 Å². The summed E-state index contributed by atoms with van der Waals surface area (Å²) in [5.74, 6) is 0.637. The molecule has 0 saturated heterocycles. The summed E-state index contributed by atoms with van der Waals surface area (Å²) in [7, 11) is 0. The molecule has 16 heavy (non-hydrogen) atoms. The predicted molar refractivity (Wildman–Crippen MR) is 69.3 cm³/mol. The number of hydrogen-bond acceptors (Lipinski definition) is 0. The maximum Gasteiger partial charge on any atom is 0.00302 e. The molecule has 0 aliphatic heterocycles. The van der Waals surface area contributed by atoms with E-state index >= 15 is 0 Å². The quantitative estimate of drug-likeness (QED) is 0.687. The highest BCUT2D eigenvalue weighted by atomic mass is 14.2. The van der Waals surface area contributed by atoms with Crippen molar-refractivity contribution >= 4 is 6.08 Å². The molecule has 80 valence electrons. The molecule has 1 unspecified atom stereocenters. The van der Waals surface area contributed by atoms with Crippen LogP contribution < -0.4 is 0 Å². The lowest BCUT2D eigenvalue weighted by atomic mass is 9.94. The van der Waals surface area contributed by atoms with Gasteiger partial charge in [0.25, 0.3) is 0 Å². The highest BCUT2D eigenvalue weighted by Crippen LogP contribution is 2.34. The van der Waals surface area contributed by atoms with E-state index in [-0.39, 0.29) is 0 Å². The Morgan fingerprint density at radius 1 is 1.19 bits per heavy atom. The summed E-state index contributed by atoms with van der Waals surface area (Å²) in [6.45, 7) is 0. The Hall–Kier alpha value is -1.56. The van der Waals surface area contributed by atoms with E-state index in [0.717, 1.165) is 6.42 Å². The van der Waals surface area contributed by atoms with Crippen molar-refractivity contribution in [1.29, 1.82) is 0 Å². The molecule has 0 radical (unpaired) electrons. The Labute approximate surface area is 97.0 Å². The van der Waals surface area contributed by atoms with Gasteiger partial charge in [0.15, 0.2) is 0 Å². The van der Waals surface area contributed by atoms with Gasteiger partial charge in [0.1, 0.15) is 0 Å². The maximum absolute atomic E-state index is 2.35. The van der Waals surface area contributed by atoms with Gasteiger partial charge in [-0.15, -0.1) is 0 Å². The van der Waals surface area contributed by atoms with Crippen LogP contribution in [0.25, 0.3) is 6.08 Å². The van der Waals surface area contributed by atoms with Crippen LogP contribution in [0.3, 0.4) is 0 Å². The van der Waals surface area contributed by atoms with E-state index in [9.17, 15) is 0 Å². The first-order chi connectivity index (χ1) is 7.93. The van der Waals surface area contributed by atoms with Crippen molar-refractivity contribution in [2.75, 3.05) is 0 Å². The van der Waals surface area contributed by atoms with Crippen LogP contribution in [0.2, 0.25) is 0 Å². The average molecular weight is 208 g/mol. The second-order valence-electron chi connectivity index (χ2n) is 4.59. The minimum absolute atomic E-state index is 0.637. The van der Waals surface area contributed by atoms with Crippen LogP contribution in [0.15, 0.2) is 54.1 Å². The van der Waals surface area contributed by atoms with E-state index in [1.165, 1.54) is 24.0 Å². The number of fused-ring (bicyclic) bond motifs is 1. The van der Waals surface area contributed by atoms with Gasteiger partial charge < -0.3 is 0 Å². The van der Waals surface area contributed by atoms with Gasteiger partial charge in [-0.2, -0.15) is 0 Å². The first kappa shape index (κ1) is 9.65. The Balaban J connectivity index is 1.67. The summed E-state index contributed by atoms with van der Waals surface area (Å²) in [5, 5.41) is 0. The Morgan fingerprint density at radius 3 is 3.00 bits per heavy atom. The summed E-state index contributed by atoms with van der Waals surface area (Å²) < 4.78 is 0. The van der Waals surface area contributed by atoms with Crippen LogP contribution in [-0.4, -0.2) is 0 Å². The summed E-state index contributed by atoms with van der Waals surface area (Å²) >= 11 is 0. The third kappa shape index (κ3) is 1.76. The van der Waals surface area contributed by atoms with Crippen molar-refractivity contribution in [3.63, 3.8) is 0 Å². The summed E-state index contributed by atoms with van der Waals surface area (Å²) in [6, 6.07) is 8.74. The fourth-order valence-corrected chi connectivity index (χ4v) is 2.59. The zero-order valence-electron chi connectivity index (χ0n) is 9.39. The highest BCUT2D eigenvalue weighted by molar-refractivity contribution is 5.62. The first-order valence-corrected chi connectivity index (χ1v) is 6.05. The van der Waals surface area contributed by atoms with Crippen LogP contribution in [0.1, 0.15) is 36.3 Å². The second-order valence-corrected chi connectivity index (χ2v) is 4.59. The van der Waals surface area contributed by atoms with Gasteiger partial charge in [-0.3, -0.25) is 0 Å². The molecule has 1 aromatic carbocycles. The maximum atomic E-state index is 2.35. The molecule has 0 heterocycles. The van der Waals surface area contributed by atoms with Crippen molar-refractivity contribution in [3.8, 4) is 0 Å². The van der Waals surface area contributed by atoms with Gasteiger partial charge >= 0.3 is 0 Å². The molecule has 3 rings (SSSR count). The molecule has 0 fully saturated rings. The van der Waals surface area contributed by atoms with Crippen molar-refractivity contribution in [3.05, 3.63) is 65.3 Å². The van der Waals surface area contributed by atoms with Crippen molar-refractivity contribution < 1.29 is 0 Å². The van der Waals surface area contributed by atoms with Gasteiger partial charge in [-0.1, -0.05) is 60.2 Å². The number of hydrogen-bond donors (Lipinski definition) is 0. The molecule has 0 N–H and O–H groups in total. The third-order valence-electron chi connectivity index (χ3n) is 3.53. The van der Waals surface area contributed by atoms with E-state index in [4.69, 9.17) is 0 Å². The molecule has 0 heteroatoms. The lowest BCUT2D eigenvalue weighted by Crippen LogP contribution is -1.94. The van der Waals surface area contributed by atoms with E-state index in [1.807, 2.05) is 0 Å². The van der Waals surface area contributed by atoms with E-state index in [0.29, 0.717) is 5.92 Å². The third-order valence-corrected chi connectivity index (χ3v) is 3.53. The van der Waals surface area contributed by atoms with Crippen LogP contribution in [0, 0.1) is 0 Å². The topological polar surface area (TPSA) is 0 Å². The summed E-state index contributed by atoms with van der Waals surface area (Å²) in [4.78, 5) is 0. The lowest BCUT2D eigenvalue weighted by molar-refractivity contribution is 0.733. The van der Waals surface area contributed by atoms with E-state index < -0.39 is 0 Å². The Bertz CT molecular complexity index is 475. The van der Waals surface area contributed by atoms with E-state index in [2.05, 4.69) is 54.6 Å². The SMILES string of the molecule is C1=CCC(CCC2C=Cc3ccccc32)=C1. The van der Waals surface area contributed by atoms with Gasteiger partial charge in [0.05, 0.1) is 0 Å². The average Bonchev–Trinajstić information content (AvgIpc) is 2.96. The smallest absolute Gasteiger partial charge is 0.00302 e. The highest BCUT2D eigenvalue weighted by Gasteiger charge is 2.16. The number of benzene rings is 1. The normalized spacial score (nSPS) is 21.2. The second kappa shape index (κ2) is 4.13. The Morgan fingerprint density at radius 2 is 2.12 bits per heavy atom. The van der Waals surface area contributed by atoms with Crippen LogP contribution >= 0.6 is 0 Å². The molecular weight excluding hydrogens is 192 g/mol. The number of allylic oxidation sites excluding steroid dienone is 5. The predicted octanol–water partition coefficient (Wildman–Crippen LogP) is 4.46. The monoisotopic (exact) mass is 208 g/mol. The van der Waals surface area contributed by atoms with Crippen molar-refractivity contribution in [2.24, 2.45) is 0 Å². The van der Waals surface area contributed by atoms with Crippen LogP contribution in [0.4, 0.5) is 0 Å². The molecule has 0 bridgehead atoms. The molecule has 0 aromatic heterocycles. The lowest BCUT2D eigenvalue weighted by Gasteiger charge is -2.11. The first-order valence-electron chi connectivity index (χ1n) is 6.05. The molecule has 2 aliphatic carbocycles. The van der Waals surface area contributed by atoms with Gasteiger partial charge in [0, 0.05) is 5.92 Å². The minimum atomic E-state index is 0.637. The van der Waals surface area contributed by atoms with Gasteiger partial charge in [-0.25, -0.2) is 0 Å². The van der Waals surface area contributed by atoms with Crippen molar-refractivity contribution in [2.45, 2.75) is 25.2 Å². The molecule has 0 spiro atoms. The molecule has 0 nitrogen and oxygen atoms in total. The molecule has 1 aromatic rings. The van der Waals surface area contributed by atoms with E-state index in [1.54, 1.807) is 5.57 Å². The molecular formula is C16H16. The fourth-order valence-electron chi connectivity index (χ4n) is 2.59. The van der Waals surface area contributed by atoms with Gasteiger partial charge in [0.2, 0.25) is 0 Å². The van der Waals surface area contributed by atoms with Gasteiger partial charge in [-0.05, 0) is 30.4 Å². The molecule has 0 amide bonds. The largest absolute Gasteiger partial charge is 0.0805 e.